The monoisotopic (exact) mass is 498 g/mol. The van der Waals surface area contributed by atoms with Gasteiger partial charge < -0.3 is 24.1 Å². The van der Waals surface area contributed by atoms with E-state index < -0.39 is 11.6 Å². The molecule has 0 fully saturated rings. The first-order valence-corrected chi connectivity index (χ1v) is 11.8. The second-order valence-corrected chi connectivity index (χ2v) is 9.36. The number of benzene rings is 1. The van der Waals surface area contributed by atoms with Gasteiger partial charge in [0.25, 0.3) is 0 Å². The number of hydrogen-bond donors (Lipinski definition) is 1. The molecule has 3 rings (SSSR count). The number of amides is 2. The summed E-state index contributed by atoms with van der Waals surface area (Å²) in [6.45, 7) is 7.64. The Morgan fingerprint density at radius 3 is 2.53 bits per heavy atom. The molecule has 1 atom stereocenters. The van der Waals surface area contributed by atoms with Crippen LogP contribution in [-0.4, -0.2) is 62.7 Å². The summed E-state index contributed by atoms with van der Waals surface area (Å²) < 4.78 is 16.1. The summed E-state index contributed by atoms with van der Waals surface area (Å²) in [5, 5.41) is 15.5. The third kappa shape index (κ3) is 6.83. The Labute approximate surface area is 210 Å². The van der Waals surface area contributed by atoms with Crippen molar-refractivity contribution < 1.29 is 23.5 Å². The average Bonchev–Trinajstić information content (AvgIpc) is 3.52. The van der Waals surface area contributed by atoms with E-state index in [1.807, 2.05) is 27.7 Å². The first-order valence-electron chi connectivity index (χ1n) is 11.8. The second-order valence-electron chi connectivity index (χ2n) is 9.36. The van der Waals surface area contributed by atoms with Gasteiger partial charge in [-0.15, -0.1) is 10.2 Å². The Bertz CT molecular complexity index is 1150. The van der Waals surface area contributed by atoms with Gasteiger partial charge in [0.15, 0.2) is 11.5 Å². The van der Waals surface area contributed by atoms with E-state index in [0.717, 1.165) is 6.42 Å². The van der Waals surface area contributed by atoms with Crippen LogP contribution in [0.15, 0.2) is 41.0 Å². The number of nitrogens with zero attached hydrogens (tertiary/aromatic N) is 5. The number of nitrogens with one attached hydrogen (secondary N) is 1. The summed E-state index contributed by atoms with van der Waals surface area (Å²) in [7, 11) is 3.10. The van der Waals surface area contributed by atoms with Gasteiger partial charge in [0.2, 0.25) is 17.6 Å². The van der Waals surface area contributed by atoms with Crippen LogP contribution in [0.25, 0.3) is 11.4 Å². The standard InChI is InChI=1S/C25H34N6O5/c1-7-9-19(24(33)26-25(2,3)4)30(15-18-10-8-13-36-18)22(32)16-31-28-23(27-29-31)17-11-12-20(34-5)21(14-17)35-6/h8,10-14,19H,7,9,15-16H2,1-6H3,(H,26,33)/t19-/m1/s1. The fourth-order valence-corrected chi connectivity index (χ4v) is 3.71. The molecule has 0 bridgehead atoms. The van der Waals surface area contributed by atoms with E-state index in [0.29, 0.717) is 35.1 Å². The maximum absolute atomic E-state index is 13.5. The highest BCUT2D eigenvalue weighted by atomic mass is 16.5. The van der Waals surface area contributed by atoms with Crippen LogP contribution < -0.4 is 14.8 Å². The highest BCUT2D eigenvalue weighted by Crippen LogP contribution is 2.30. The van der Waals surface area contributed by atoms with Crippen molar-refractivity contribution in [1.82, 2.24) is 30.4 Å². The Balaban J connectivity index is 1.84. The lowest BCUT2D eigenvalue weighted by Crippen LogP contribution is -2.54. The summed E-state index contributed by atoms with van der Waals surface area (Å²) in [5.41, 5.74) is 0.219. The minimum absolute atomic E-state index is 0.144. The largest absolute Gasteiger partial charge is 0.493 e. The quantitative estimate of drug-likeness (QED) is 0.428. The molecule has 11 heteroatoms. The van der Waals surface area contributed by atoms with Crippen molar-refractivity contribution in [3.05, 3.63) is 42.4 Å². The molecule has 1 N–H and O–H groups in total. The van der Waals surface area contributed by atoms with Crippen molar-refractivity contribution in [3.8, 4) is 22.9 Å². The third-order valence-electron chi connectivity index (χ3n) is 5.34. The number of carbonyl (C=O) groups is 2. The SMILES string of the molecule is CCC[C@H](C(=O)NC(C)(C)C)N(Cc1ccco1)C(=O)Cn1nnc(-c2ccc(OC)c(OC)c2)n1. The summed E-state index contributed by atoms with van der Waals surface area (Å²) in [4.78, 5) is 29.4. The Morgan fingerprint density at radius 1 is 1.17 bits per heavy atom. The molecule has 2 aromatic heterocycles. The van der Waals surface area contributed by atoms with Gasteiger partial charge in [-0.25, -0.2) is 0 Å². The van der Waals surface area contributed by atoms with Gasteiger partial charge in [-0.2, -0.15) is 4.80 Å². The second kappa shape index (κ2) is 11.7. The summed E-state index contributed by atoms with van der Waals surface area (Å²) in [6.07, 6.45) is 2.75. The van der Waals surface area contributed by atoms with E-state index in [-0.39, 0.29) is 24.9 Å². The minimum Gasteiger partial charge on any atom is -0.493 e. The molecule has 0 saturated carbocycles. The number of hydrogen-bond acceptors (Lipinski definition) is 8. The third-order valence-corrected chi connectivity index (χ3v) is 5.34. The smallest absolute Gasteiger partial charge is 0.247 e. The van der Waals surface area contributed by atoms with Gasteiger partial charge in [-0.3, -0.25) is 9.59 Å². The van der Waals surface area contributed by atoms with E-state index in [1.54, 1.807) is 44.6 Å². The van der Waals surface area contributed by atoms with Crippen LogP contribution >= 0.6 is 0 Å². The van der Waals surface area contributed by atoms with Gasteiger partial charge in [-0.05, 0) is 62.7 Å². The first-order chi connectivity index (χ1) is 17.1. The van der Waals surface area contributed by atoms with Crippen LogP contribution in [0.2, 0.25) is 0 Å². The molecule has 0 aliphatic rings. The van der Waals surface area contributed by atoms with Crippen molar-refractivity contribution >= 4 is 11.8 Å². The number of furan rings is 1. The molecule has 0 aliphatic carbocycles. The van der Waals surface area contributed by atoms with Crippen molar-refractivity contribution in [2.24, 2.45) is 0 Å². The lowest BCUT2D eigenvalue weighted by atomic mass is 10.0. The van der Waals surface area contributed by atoms with Crippen LogP contribution in [-0.2, 0) is 22.7 Å². The molecule has 2 amide bonds. The molecule has 0 aliphatic heterocycles. The van der Waals surface area contributed by atoms with Crippen molar-refractivity contribution in [2.45, 2.75) is 65.2 Å². The number of rotatable bonds is 11. The van der Waals surface area contributed by atoms with Crippen LogP contribution in [0, 0.1) is 0 Å². The number of ether oxygens (including phenoxy) is 2. The van der Waals surface area contributed by atoms with Crippen LogP contribution in [0.3, 0.4) is 0 Å². The molecule has 0 radical (unpaired) electrons. The van der Waals surface area contributed by atoms with Gasteiger partial charge >= 0.3 is 0 Å². The van der Waals surface area contributed by atoms with Gasteiger partial charge in [-0.1, -0.05) is 13.3 Å². The van der Waals surface area contributed by atoms with Crippen LogP contribution in [0.1, 0.15) is 46.3 Å². The highest BCUT2D eigenvalue weighted by molar-refractivity contribution is 5.88. The molecule has 11 nitrogen and oxygen atoms in total. The zero-order chi connectivity index (χ0) is 26.3. The van der Waals surface area contributed by atoms with E-state index in [9.17, 15) is 9.59 Å². The molecule has 36 heavy (non-hydrogen) atoms. The molecule has 2 heterocycles. The Kier molecular flexibility index (Phi) is 8.68. The molecule has 1 aromatic carbocycles. The van der Waals surface area contributed by atoms with Gasteiger partial charge in [0, 0.05) is 11.1 Å². The molecule has 0 spiro atoms. The minimum atomic E-state index is -0.680. The summed E-state index contributed by atoms with van der Waals surface area (Å²) in [6, 6.07) is 8.10. The molecule has 0 saturated heterocycles. The molecular weight excluding hydrogens is 464 g/mol. The fraction of sp³-hybridized carbons (Fsp3) is 0.480. The van der Waals surface area contributed by atoms with E-state index in [4.69, 9.17) is 13.9 Å². The Hall–Kier alpha value is -3.89. The summed E-state index contributed by atoms with van der Waals surface area (Å²) >= 11 is 0. The van der Waals surface area contributed by atoms with Crippen molar-refractivity contribution in [3.63, 3.8) is 0 Å². The predicted octanol–water partition coefficient (Wildman–Crippen LogP) is 3.06. The number of carbonyl (C=O) groups excluding carboxylic acids is 2. The van der Waals surface area contributed by atoms with E-state index in [1.165, 1.54) is 16.0 Å². The molecule has 0 unspecified atom stereocenters. The molecule has 3 aromatic rings. The van der Waals surface area contributed by atoms with Crippen molar-refractivity contribution in [2.75, 3.05) is 14.2 Å². The maximum atomic E-state index is 13.5. The zero-order valence-electron chi connectivity index (χ0n) is 21.6. The van der Waals surface area contributed by atoms with Crippen LogP contribution in [0.5, 0.6) is 11.5 Å². The highest BCUT2D eigenvalue weighted by Gasteiger charge is 2.32. The van der Waals surface area contributed by atoms with Crippen LogP contribution in [0.4, 0.5) is 0 Å². The normalized spacial score (nSPS) is 12.2. The lowest BCUT2D eigenvalue weighted by molar-refractivity contribution is -0.143. The van der Waals surface area contributed by atoms with E-state index >= 15 is 0 Å². The number of tetrazole rings is 1. The average molecular weight is 499 g/mol. The first kappa shape index (κ1) is 26.7. The van der Waals surface area contributed by atoms with E-state index in [2.05, 4.69) is 20.7 Å². The van der Waals surface area contributed by atoms with Crippen molar-refractivity contribution in [1.29, 1.82) is 0 Å². The summed E-state index contributed by atoms with van der Waals surface area (Å²) in [5.74, 6) is 1.46. The molecule has 194 valence electrons. The molecular formula is C25H34N6O5. The van der Waals surface area contributed by atoms with Gasteiger partial charge in [0.1, 0.15) is 18.3 Å². The number of aromatic nitrogens is 4. The van der Waals surface area contributed by atoms with Gasteiger partial charge in [0.05, 0.1) is 27.0 Å². The number of methoxy groups -OCH3 is 2. The fourth-order valence-electron chi connectivity index (χ4n) is 3.71. The Morgan fingerprint density at radius 2 is 1.92 bits per heavy atom. The maximum Gasteiger partial charge on any atom is 0.247 e. The predicted molar refractivity (Wildman–Crippen MR) is 132 cm³/mol. The topological polar surface area (TPSA) is 125 Å². The lowest BCUT2D eigenvalue weighted by Gasteiger charge is -2.32. The zero-order valence-corrected chi connectivity index (χ0v) is 21.6.